The van der Waals surface area contributed by atoms with Crippen molar-refractivity contribution >= 4 is 12.0 Å². The summed E-state index contributed by atoms with van der Waals surface area (Å²) in [6, 6.07) is 8.72. The summed E-state index contributed by atoms with van der Waals surface area (Å²) >= 11 is 0. The average Bonchev–Trinajstić information content (AvgIpc) is 2.44. The smallest absolute Gasteiger partial charge is 0.125 e. The fraction of sp³-hybridized carbons (Fsp3) is 0.556. The summed E-state index contributed by atoms with van der Waals surface area (Å²) in [6.07, 6.45) is 6.15. The van der Waals surface area contributed by atoms with Gasteiger partial charge in [0.1, 0.15) is 5.94 Å². The topological polar surface area (TPSA) is 20.3 Å². The number of benzene rings is 1. The zero-order valence-corrected chi connectivity index (χ0v) is 13.1. The molecule has 0 bridgehead atoms. The number of nitrogens with zero attached hydrogens (tertiary/aromatic N) is 1. The molecule has 0 amide bonds. The minimum atomic E-state index is 0.625. The molecule has 1 aromatic carbocycles. The van der Waals surface area contributed by atoms with E-state index in [1.165, 1.54) is 31.0 Å². The Hall–Kier alpha value is -1.37. The van der Waals surface area contributed by atoms with E-state index in [9.17, 15) is 4.79 Å². The van der Waals surface area contributed by atoms with Crippen LogP contribution in [0, 0.1) is 0 Å². The number of unbranched alkanes of at least 4 members (excludes halogenated alkanes) is 1. The van der Waals surface area contributed by atoms with Crippen LogP contribution in [-0.2, 0) is 11.2 Å². The van der Waals surface area contributed by atoms with Crippen molar-refractivity contribution in [2.24, 2.45) is 0 Å². The third-order valence-electron chi connectivity index (χ3n) is 3.65. The first kappa shape index (κ1) is 16.7. The molecule has 0 atom stereocenters. The van der Waals surface area contributed by atoms with Crippen LogP contribution in [0.1, 0.15) is 51.2 Å². The van der Waals surface area contributed by atoms with Gasteiger partial charge in [-0.25, -0.2) is 4.79 Å². The molecule has 20 heavy (non-hydrogen) atoms. The quantitative estimate of drug-likeness (QED) is 0.501. The Kier molecular flexibility index (Phi) is 7.94. The summed E-state index contributed by atoms with van der Waals surface area (Å²) in [5, 5.41) is 0. The molecule has 110 valence electrons. The summed E-state index contributed by atoms with van der Waals surface area (Å²) in [4.78, 5) is 13.0. The highest BCUT2D eigenvalue weighted by atomic mass is 16.1. The third kappa shape index (κ3) is 5.73. The van der Waals surface area contributed by atoms with E-state index < -0.39 is 0 Å². The monoisotopic (exact) mass is 273 g/mol. The molecule has 2 nitrogen and oxygen atoms in total. The van der Waals surface area contributed by atoms with Crippen molar-refractivity contribution in [2.75, 3.05) is 13.1 Å². The molecule has 0 aliphatic rings. The van der Waals surface area contributed by atoms with Crippen molar-refractivity contribution in [3.63, 3.8) is 0 Å². The maximum absolute atomic E-state index is 10.5. The van der Waals surface area contributed by atoms with Gasteiger partial charge in [-0.3, -0.25) is 0 Å². The van der Waals surface area contributed by atoms with Crippen LogP contribution in [-0.4, -0.2) is 30.0 Å². The third-order valence-corrected chi connectivity index (χ3v) is 3.65. The lowest BCUT2D eigenvalue weighted by Gasteiger charge is -2.25. The van der Waals surface area contributed by atoms with Gasteiger partial charge in [0.05, 0.1) is 0 Å². The van der Waals surface area contributed by atoms with Crippen LogP contribution in [0.25, 0.3) is 6.08 Å². The highest BCUT2D eigenvalue weighted by molar-refractivity contribution is 5.76. The maximum atomic E-state index is 10.5. The van der Waals surface area contributed by atoms with Gasteiger partial charge in [0.2, 0.25) is 0 Å². The van der Waals surface area contributed by atoms with E-state index in [4.69, 9.17) is 0 Å². The number of carbonyl (C=O) groups excluding carboxylic acids is 1. The van der Waals surface area contributed by atoms with E-state index >= 15 is 0 Å². The summed E-state index contributed by atoms with van der Waals surface area (Å²) in [5.41, 5.74) is 2.26. The number of hydrogen-bond donors (Lipinski definition) is 0. The first-order chi connectivity index (χ1) is 9.69. The number of rotatable bonds is 9. The normalized spacial score (nSPS) is 10.8. The van der Waals surface area contributed by atoms with Gasteiger partial charge in [0, 0.05) is 12.1 Å². The van der Waals surface area contributed by atoms with Crippen LogP contribution in [0.2, 0.25) is 0 Å². The molecular weight excluding hydrogens is 246 g/mol. The SMILES string of the molecule is CCCN(CCCCc1ccccc1C=C=O)C(C)C. The van der Waals surface area contributed by atoms with Crippen LogP contribution in [0.3, 0.4) is 0 Å². The fourth-order valence-corrected chi connectivity index (χ4v) is 2.51. The molecule has 0 fully saturated rings. The molecule has 0 spiro atoms. The fourth-order valence-electron chi connectivity index (χ4n) is 2.51. The van der Waals surface area contributed by atoms with Crippen molar-refractivity contribution in [3.05, 3.63) is 35.4 Å². The van der Waals surface area contributed by atoms with Crippen molar-refractivity contribution in [3.8, 4) is 0 Å². The lowest BCUT2D eigenvalue weighted by Crippen LogP contribution is -2.32. The van der Waals surface area contributed by atoms with Crippen LogP contribution < -0.4 is 0 Å². The van der Waals surface area contributed by atoms with E-state index in [-0.39, 0.29) is 0 Å². The zero-order valence-electron chi connectivity index (χ0n) is 13.1. The Bertz CT molecular complexity index is 433. The predicted molar refractivity (Wildman–Crippen MR) is 86.5 cm³/mol. The van der Waals surface area contributed by atoms with E-state index in [2.05, 4.69) is 31.7 Å². The highest BCUT2D eigenvalue weighted by Crippen LogP contribution is 2.13. The summed E-state index contributed by atoms with van der Waals surface area (Å²) in [6.45, 7) is 9.11. The van der Waals surface area contributed by atoms with Gasteiger partial charge in [0.25, 0.3) is 0 Å². The molecule has 2 heteroatoms. The molecule has 0 radical (unpaired) electrons. The highest BCUT2D eigenvalue weighted by Gasteiger charge is 2.07. The molecule has 0 saturated carbocycles. The largest absolute Gasteiger partial charge is 0.301 e. The van der Waals surface area contributed by atoms with Gasteiger partial charge in [-0.05, 0) is 63.7 Å². The van der Waals surface area contributed by atoms with Crippen LogP contribution in [0.15, 0.2) is 24.3 Å². The average molecular weight is 273 g/mol. The second-order valence-corrected chi connectivity index (χ2v) is 5.55. The standard InChI is InChI=1S/C18H27NO/c1-4-13-19(16(2)3)14-8-7-11-17-9-5-6-10-18(17)12-15-20/h5-6,9-10,12,16H,4,7-8,11,13-14H2,1-3H3. The van der Waals surface area contributed by atoms with Crippen molar-refractivity contribution in [1.29, 1.82) is 0 Å². The Morgan fingerprint density at radius 2 is 1.95 bits per heavy atom. The van der Waals surface area contributed by atoms with Gasteiger partial charge in [0.15, 0.2) is 0 Å². The predicted octanol–water partition coefficient (Wildman–Crippen LogP) is 3.97. The number of hydrogen-bond acceptors (Lipinski definition) is 2. The molecule has 1 rings (SSSR count). The van der Waals surface area contributed by atoms with Crippen LogP contribution >= 0.6 is 0 Å². The summed E-state index contributed by atoms with van der Waals surface area (Å²) in [5.74, 6) is 1.88. The lowest BCUT2D eigenvalue weighted by atomic mass is 10.0. The van der Waals surface area contributed by atoms with E-state index in [1.807, 2.05) is 24.1 Å². The molecule has 0 aliphatic heterocycles. The first-order valence-corrected chi connectivity index (χ1v) is 7.71. The Balaban J connectivity index is 2.42. The van der Waals surface area contributed by atoms with Crippen molar-refractivity contribution in [2.45, 2.75) is 52.5 Å². The maximum Gasteiger partial charge on any atom is 0.125 e. The first-order valence-electron chi connectivity index (χ1n) is 7.71. The van der Waals surface area contributed by atoms with Gasteiger partial charge in [-0.1, -0.05) is 31.2 Å². The van der Waals surface area contributed by atoms with Crippen molar-refractivity contribution < 1.29 is 4.79 Å². The second-order valence-electron chi connectivity index (χ2n) is 5.55. The molecule has 0 aromatic heterocycles. The van der Waals surface area contributed by atoms with Gasteiger partial charge < -0.3 is 4.90 Å². The summed E-state index contributed by atoms with van der Waals surface area (Å²) < 4.78 is 0. The van der Waals surface area contributed by atoms with E-state index in [0.717, 1.165) is 24.9 Å². The van der Waals surface area contributed by atoms with Crippen LogP contribution in [0.4, 0.5) is 0 Å². The molecule has 0 aliphatic carbocycles. The van der Waals surface area contributed by atoms with E-state index in [0.29, 0.717) is 6.04 Å². The molecule has 0 heterocycles. The lowest BCUT2D eigenvalue weighted by molar-refractivity contribution is 0.218. The molecule has 0 saturated heterocycles. The van der Waals surface area contributed by atoms with Gasteiger partial charge >= 0.3 is 0 Å². The molecule has 1 aromatic rings. The molecule has 0 N–H and O–H groups in total. The van der Waals surface area contributed by atoms with Gasteiger partial charge in [-0.15, -0.1) is 0 Å². The Morgan fingerprint density at radius 3 is 2.60 bits per heavy atom. The molecular formula is C18H27NO. The zero-order chi connectivity index (χ0) is 14.8. The Labute approximate surface area is 123 Å². The number of aryl methyl sites for hydroxylation is 1. The van der Waals surface area contributed by atoms with Crippen molar-refractivity contribution in [1.82, 2.24) is 4.90 Å². The van der Waals surface area contributed by atoms with E-state index in [1.54, 1.807) is 0 Å². The summed E-state index contributed by atoms with van der Waals surface area (Å²) in [7, 11) is 0. The van der Waals surface area contributed by atoms with Crippen LogP contribution in [0.5, 0.6) is 0 Å². The Morgan fingerprint density at radius 1 is 1.20 bits per heavy atom. The van der Waals surface area contributed by atoms with Gasteiger partial charge in [-0.2, -0.15) is 0 Å². The minimum Gasteiger partial charge on any atom is -0.301 e. The second kappa shape index (κ2) is 9.52. The molecule has 0 unspecified atom stereocenters. The minimum absolute atomic E-state index is 0.625.